The largest absolute Gasteiger partial charge is 0.389 e. The van der Waals surface area contributed by atoms with E-state index in [0.717, 1.165) is 12.8 Å². The first-order chi connectivity index (χ1) is 11.2. The van der Waals surface area contributed by atoms with Crippen molar-refractivity contribution in [1.29, 1.82) is 0 Å². The van der Waals surface area contributed by atoms with Gasteiger partial charge >= 0.3 is 0 Å². The molecule has 0 heterocycles. The minimum absolute atomic E-state index is 0.286. The molecule has 0 aliphatic heterocycles. The van der Waals surface area contributed by atoms with Gasteiger partial charge in [0.15, 0.2) is 0 Å². The molecule has 4 heteroatoms. The molecule has 0 aromatic heterocycles. The van der Waals surface area contributed by atoms with Crippen LogP contribution in [0.25, 0.3) is 0 Å². The number of hydrogen-bond donors (Lipinski definition) is 1. The molecule has 0 radical (unpaired) electrons. The van der Waals surface area contributed by atoms with E-state index in [4.69, 9.17) is 0 Å². The van der Waals surface area contributed by atoms with Crippen LogP contribution in [0.4, 0.5) is 0 Å². The molecule has 2 aliphatic rings. The second kappa shape index (κ2) is 6.92. The highest BCUT2D eigenvalue weighted by Crippen LogP contribution is 2.50. The number of rotatable bonds is 4. The Morgan fingerprint density at radius 1 is 0.760 bits per heavy atom. The fraction of sp³-hybridized carbons (Fsp3) is 0.810. The van der Waals surface area contributed by atoms with Gasteiger partial charge in [-0.3, -0.25) is 0 Å². The minimum Gasteiger partial charge on any atom is -0.389 e. The molecule has 0 aromatic carbocycles. The van der Waals surface area contributed by atoms with Crippen molar-refractivity contribution in [1.82, 2.24) is 0 Å². The highest BCUT2D eigenvalue weighted by atomic mass is 28.3. The molecule has 0 saturated heterocycles. The summed E-state index contributed by atoms with van der Waals surface area (Å²) in [7, 11) is -4.19. The van der Waals surface area contributed by atoms with Gasteiger partial charge in [0.25, 0.3) is 0 Å². The number of aliphatic hydroxyl groups is 1. The summed E-state index contributed by atoms with van der Waals surface area (Å²) in [4.78, 5) is 0. The van der Waals surface area contributed by atoms with Crippen molar-refractivity contribution in [3.05, 3.63) is 22.5 Å². The summed E-state index contributed by atoms with van der Waals surface area (Å²) >= 11 is 0. The smallest absolute Gasteiger partial charge is 0.0743 e. The zero-order valence-corrected chi connectivity index (χ0v) is 21.3. The SMILES string of the molecule is C[Si](C)(C)C1=CC([Si](C)(C)C)C([Si](C)(C)C)=CC1C1(O)CCCCC1. The van der Waals surface area contributed by atoms with Crippen LogP contribution < -0.4 is 0 Å². The molecular weight excluding hydrogens is 352 g/mol. The molecule has 0 aromatic rings. The zero-order chi connectivity index (χ0) is 19.3. The van der Waals surface area contributed by atoms with Crippen LogP contribution >= 0.6 is 0 Å². The van der Waals surface area contributed by atoms with Crippen molar-refractivity contribution in [3.63, 3.8) is 0 Å². The fourth-order valence-electron chi connectivity index (χ4n) is 4.82. The van der Waals surface area contributed by atoms with E-state index in [2.05, 4.69) is 71.1 Å². The third-order valence-electron chi connectivity index (χ3n) is 6.33. The van der Waals surface area contributed by atoms with Crippen LogP contribution in [0, 0.1) is 5.92 Å². The van der Waals surface area contributed by atoms with Gasteiger partial charge in [-0.25, -0.2) is 0 Å². The summed E-state index contributed by atoms with van der Waals surface area (Å²) in [6.07, 6.45) is 11.0. The Morgan fingerprint density at radius 3 is 1.64 bits per heavy atom. The van der Waals surface area contributed by atoms with Crippen molar-refractivity contribution in [2.75, 3.05) is 0 Å². The molecule has 2 aliphatic carbocycles. The Labute approximate surface area is 160 Å². The zero-order valence-electron chi connectivity index (χ0n) is 18.3. The quantitative estimate of drug-likeness (QED) is 0.531. The lowest BCUT2D eigenvalue weighted by atomic mass is 9.74. The van der Waals surface area contributed by atoms with Crippen LogP contribution in [0.15, 0.2) is 22.5 Å². The van der Waals surface area contributed by atoms with Gasteiger partial charge in [0.2, 0.25) is 0 Å². The Hall–Kier alpha value is 0.0906. The van der Waals surface area contributed by atoms with Crippen LogP contribution in [0.5, 0.6) is 0 Å². The van der Waals surface area contributed by atoms with Gasteiger partial charge < -0.3 is 5.11 Å². The van der Waals surface area contributed by atoms with Crippen molar-refractivity contribution >= 4 is 24.2 Å². The highest BCUT2D eigenvalue weighted by Gasteiger charge is 2.47. The van der Waals surface area contributed by atoms with E-state index in [9.17, 15) is 5.11 Å². The van der Waals surface area contributed by atoms with Gasteiger partial charge in [-0.1, -0.05) is 101 Å². The van der Waals surface area contributed by atoms with Crippen molar-refractivity contribution in [2.45, 2.75) is 102 Å². The first-order valence-corrected chi connectivity index (χ1v) is 20.9. The standard InChI is InChI=1S/C21H42OSi3/c1-23(2,3)18-16-20(25(7,8)9)19(24(4,5)6)15-17(18)21(22)13-11-10-12-14-21/h15-17,20,22H,10-14H2,1-9H3. The predicted octanol–water partition coefficient (Wildman–Crippen LogP) is 6.63. The van der Waals surface area contributed by atoms with Crippen LogP contribution in [0.3, 0.4) is 0 Å². The average Bonchev–Trinajstić information content (AvgIpc) is 2.44. The molecule has 1 saturated carbocycles. The van der Waals surface area contributed by atoms with Crippen molar-refractivity contribution in [3.8, 4) is 0 Å². The van der Waals surface area contributed by atoms with Crippen LogP contribution in [-0.2, 0) is 0 Å². The lowest BCUT2D eigenvalue weighted by Crippen LogP contribution is -2.49. The Balaban J connectivity index is 2.61. The molecule has 2 unspecified atom stereocenters. The van der Waals surface area contributed by atoms with E-state index in [1.54, 1.807) is 10.4 Å². The molecule has 2 atom stereocenters. The maximum atomic E-state index is 11.7. The maximum absolute atomic E-state index is 11.7. The first-order valence-electron chi connectivity index (χ1n) is 10.3. The Bertz CT molecular complexity index is 549. The number of hydrogen-bond acceptors (Lipinski definition) is 1. The van der Waals surface area contributed by atoms with E-state index in [0.29, 0.717) is 5.54 Å². The van der Waals surface area contributed by atoms with Crippen LogP contribution in [0.2, 0.25) is 64.5 Å². The van der Waals surface area contributed by atoms with E-state index >= 15 is 0 Å². The molecule has 2 rings (SSSR count). The summed E-state index contributed by atoms with van der Waals surface area (Å²) in [5.74, 6) is 0.286. The molecule has 0 bridgehead atoms. The lowest BCUT2D eigenvalue weighted by molar-refractivity contribution is -0.0209. The van der Waals surface area contributed by atoms with E-state index in [-0.39, 0.29) is 5.92 Å². The Kier molecular flexibility index (Phi) is 5.92. The lowest BCUT2D eigenvalue weighted by Gasteiger charge is -2.48. The number of allylic oxidation sites excluding steroid dienone is 2. The summed E-state index contributed by atoms with van der Waals surface area (Å²) in [6.45, 7) is 22.5. The Morgan fingerprint density at radius 2 is 1.24 bits per heavy atom. The first kappa shape index (κ1) is 21.4. The van der Waals surface area contributed by atoms with Gasteiger partial charge in [0, 0.05) is 5.92 Å². The van der Waals surface area contributed by atoms with E-state index in [1.807, 2.05) is 0 Å². The normalized spacial score (nSPS) is 28.4. The second-order valence-electron chi connectivity index (χ2n) is 11.7. The monoisotopic (exact) mass is 394 g/mol. The molecule has 1 nitrogen and oxygen atoms in total. The second-order valence-corrected chi connectivity index (χ2v) is 27.2. The van der Waals surface area contributed by atoms with Gasteiger partial charge in [-0.15, -0.1) is 0 Å². The molecule has 25 heavy (non-hydrogen) atoms. The highest BCUT2D eigenvalue weighted by molar-refractivity contribution is 6.89. The summed E-state index contributed by atoms with van der Waals surface area (Å²) in [5.41, 5.74) is 0.184. The van der Waals surface area contributed by atoms with Gasteiger partial charge in [-0.05, 0) is 18.4 Å². The van der Waals surface area contributed by atoms with Crippen molar-refractivity contribution in [2.24, 2.45) is 5.92 Å². The molecule has 1 fully saturated rings. The minimum atomic E-state index is -1.47. The fourth-order valence-corrected chi connectivity index (χ4v) is 12.9. The summed E-state index contributed by atoms with van der Waals surface area (Å²) in [5, 5.41) is 15.0. The summed E-state index contributed by atoms with van der Waals surface area (Å²) < 4.78 is 0. The van der Waals surface area contributed by atoms with E-state index < -0.39 is 29.8 Å². The molecule has 1 N–H and O–H groups in total. The topological polar surface area (TPSA) is 20.2 Å². The third-order valence-corrected chi connectivity index (χ3v) is 13.4. The molecule has 144 valence electrons. The maximum Gasteiger partial charge on any atom is 0.0743 e. The summed E-state index contributed by atoms with van der Waals surface area (Å²) in [6, 6.07) is 0. The third kappa shape index (κ3) is 4.69. The van der Waals surface area contributed by atoms with Gasteiger partial charge in [0.1, 0.15) is 0 Å². The van der Waals surface area contributed by atoms with Crippen LogP contribution in [-0.4, -0.2) is 34.9 Å². The molecular formula is C21H42OSi3. The van der Waals surface area contributed by atoms with Crippen LogP contribution in [0.1, 0.15) is 32.1 Å². The van der Waals surface area contributed by atoms with Crippen molar-refractivity contribution < 1.29 is 5.11 Å². The van der Waals surface area contributed by atoms with Gasteiger partial charge in [-0.2, -0.15) is 0 Å². The van der Waals surface area contributed by atoms with E-state index in [1.165, 1.54) is 19.3 Å². The van der Waals surface area contributed by atoms with Gasteiger partial charge in [0.05, 0.1) is 29.8 Å². The molecule has 0 amide bonds. The average molecular weight is 395 g/mol. The predicted molar refractivity (Wildman–Crippen MR) is 121 cm³/mol. The molecule has 0 spiro atoms.